The average molecular weight is 491 g/mol. The fourth-order valence-corrected chi connectivity index (χ4v) is 5.00. The Balaban J connectivity index is 1.78. The lowest BCUT2D eigenvalue weighted by Gasteiger charge is -2.19. The third-order valence-electron chi connectivity index (χ3n) is 6.79. The van der Waals surface area contributed by atoms with Gasteiger partial charge >= 0.3 is 0 Å². The van der Waals surface area contributed by atoms with Crippen molar-refractivity contribution < 1.29 is 18.9 Å². The average Bonchev–Trinajstić information content (AvgIpc) is 3.15. The summed E-state index contributed by atoms with van der Waals surface area (Å²) in [5.74, 6) is 2.61. The van der Waals surface area contributed by atoms with Gasteiger partial charge in [-0.1, -0.05) is 24.3 Å². The van der Waals surface area contributed by atoms with Crippen molar-refractivity contribution in [3.05, 3.63) is 75.4 Å². The normalized spacial score (nSPS) is 14.2. The van der Waals surface area contributed by atoms with E-state index in [0.29, 0.717) is 29.5 Å². The molecule has 2 N–H and O–H groups in total. The highest BCUT2D eigenvalue weighted by Crippen LogP contribution is 2.50. The summed E-state index contributed by atoms with van der Waals surface area (Å²) in [4.78, 5) is 13.3. The molecule has 1 aliphatic carbocycles. The van der Waals surface area contributed by atoms with E-state index in [4.69, 9.17) is 18.9 Å². The predicted octanol–water partition coefficient (Wildman–Crippen LogP) is 4.61. The first-order chi connectivity index (χ1) is 17.6. The molecular formula is C29H34N2O5. The monoisotopic (exact) mass is 490 g/mol. The molecule has 0 fully saturated rings. The van der Waals surface area contributed by atoms with Crippen molar-refractivity contribution in [1.29, 1.82) is 0 Å². The van der Waals surface area contributed by atoms with Crippen LogP contribution in [-0.4, -0.2) is 42.0 Å². The SMILES string of the molecule is CN[C@H]1CCc2cc(OC)c(OC)c(OC)c2-c2ccc(NCCc3ccccc3OC)c(=O)cc21. The Morgan fingerprint density at radius 2 is 1.64 bits per heavy atom. The van der Waals surface area contributed by atoms with Gasteiger partial charge in [0, 0.05) is 18.2 Å². The molecule has 3 aromatic rings. The lowest BCUT2D eigenvalue weighted by molar-refractivity contribution is 0.324. The summed E-state index contributed by atoms with van der Waals surface area (Å²) in [5.41, 5.74) is 5.48. The third kappa shape index (κ3) is 4.84. The fraction of sp³-hybridized carbons (Fsp3) is 0.345. The summed E-state index contributed by atoms with van der Waals surface area (Å²) in [6.45, 7) is 0.602. The zero-order valence-corrected chi connectivity index (χ0v) is 21.6. The summed E-state index contributed by atoms with van der Waals surface area (Å²) in [6.07, 6.45) is 2.36. The summed E-state index contributed by atoms with van der Waals surface area (Å²) < 4.78 is 22.6. The van der Waals surface area contributed by atoms with E-state index in [1.807, 2.05) is 49.5 Å². The van der Waals surface area contributed by atoms with Crippen LogP contribution in [0.3, 0.4) is 0 Å². The van der Waals surface area contributed by atoms with Gasteiger partial charge in [0.2, 0.25) is 11.2 Å². The number of rotatable bonds is 9. The van der Waals surface area contributed by atoms with Gasteiger partial charge in [-0.3, -0.25) is 4.79 Å². The Bertz CT molecular complexity index is 1290. The first kappa shape index (κ1) is 25.4. The van der Waals surface area contributed by atoms with Gasteiger partial charge in [0.25, 0.3) is 0 Å². The second kappa shape index (κ2) is 11.4. The molecule has 4 rings (SSSR count). The molecule has 0 bridgehead atoms. The van der Waals surface area contributed by atoms with Gasteiger partial charge < -0.3 is 29.6 Å². The minimum atomic E-state index is -0.0561. The first-order valence-electron chi connectivity index (χ1n) is 12.1. The number of hydrogen-bond acceptors (Lipinski definition) is 7. The molecule has 0 heterocycles. The number of para-hydroxylation sites is 1. The van der Waals surface area contributed by atoms with Crippen LogP contribution >= 0.6 is 0 Å². The molecule has 7 nitrogen and oxygen atoms in total. The molecule has 0 spiro atoms. The Morgan fingerprint density at radius 3 is 2.33 bits per heavy atom. The number of aryl methyl sites for hydroxylation is 1. The zero-order valence-electron chi connectivity index (χ0n) is 21.6. The van der Waals surface area contributed by atoms with Crippen LogP contribution in [0.15, 0.2) is 53.3 Å². The second-order valence-electron chi connectivity index (χ2n) is 8.67. The fourth-order valence-electron chi connectivity index (χ4n) is 5.00. The molecule has 1 atom stereocenters. The molecule has 0 amide bonds. The Morgan fingerprint density at radius 1 is 0.889 bits per heavy atom. The summed E-state index contributed by atoms with van der Waals surface area (Å²) >= 11 is 0. The van der Waals surface area contributed by atoms with Crippen molar-refractivity contribution in [2.45, 2.75) is 25.3 Å². The lowest BCUT2D eigenvalue weighted by atomic mass is 9.95. The molecule has 0 saturated heterocycles. The molecule has 7 heteroatoms. The molecule has 0 saturated carbocycles. The minimum absolute atomic E-state index is 0.00984. The van der Waals surface area contributed by atoms with E-state index in [-0.39, 0.29) is 11.5 Å². The summed E-state index contributed by atoms with van der Waals surface area (Å²) in [7, 11) is 8.45. The third-order valence-corrected chi connectivity index (χ3v) is 6.79. The van der Waals surface area contributed by atoms with Crippen molar-refractivity contribution in [2.75, 3.05) is 47.3 Å². The molecule has 1 aliphatic rings. The van der Waals surface area contributed by atoms with Gasteiger partial charge in [0.1, 0.15) is 5.75 Å². The molecule has 0 aliphatic heterocycles. The highest BCUT2D eigenvalue weighted by molar-refractivity contribution is 5.83. The topological polar surface area (TPSA) is 78.1 Å². The molecule has 0 aromatic heterocycles. The van der Waals surface area contributed by atoms with E-state index in [0.717, 1.165) is 52.8 Å². The highest BCUT2D eigenvalue weighted by Gasteiger charge is 2.28. The number of ether oxygens (including phenoxy) is 4. The van der Waals surface area contributed by atoms with Gasteiger partial charge in [-0.05, 0) is 72.8 Å². The summed E-state index contributed by atoms with van der Waals surface area (Å²) in [6, 6.07) is 15.5. The van der Waals surface area contributed by atoms with Crippen LogP contribution in [0.5, 0.6) is 23.0 Å². The quantitative estimate of drug-likeness (QED) is 0.454. The van der Waals surface area contributed by atoms with E-state index in [9.17, 15) is 4.79 Å². The van der Waals surface area contributed by atoms with Crippen LogP contribution in [0.2, 0.25) is 0 Å². The zero-order chi connectivity index (χ0) is 25.7. The van der Waals surface area contributed by atoms with E-state index in [1.165, 1.54) is 0 Å². The Labute approximate surface area is 212 Å². The molecule has 0 unspecified atom stereocenters. The van der Waals surface area contributed by atoms with Crippen LogP contribution in [0.1, 0.15) is 29.2 Å². The van der Waals surface area contributed by atoms with E-state index in [1.54, 1.807) is 34.5 Å². The Kier molecular flexibility index (Phi) is 8.00. The number of anilines is 1. The van der Waals surface area contributed by atoms with Crippen molar-refractivity contribution in [3.8, 4) is 34.1 Å². The van der Waals surface area contributed by atoms with Crippen LogP contribution in [0.4, 0.5) is 5.69 Å². The summed E-state index contributed by atoms with van der Waals surface area (Å²) in [5, 5.41) is 6.72. The molecule has 0 radical (unpaired) electrons. The van der Waals surface area contributed by atoms with Gasteiger partial charge in [-0.2, -0.15) is 0 Å². The van der Waals surface area contributed by atoms with Gasteiger partial charge in [0.05, 0.1) is 34.1 Å². The number of fused-ring (bicyclic) bond motifs is 3. The molecule has 190 valence electrons. The van der Waals surface area contributed by atoms with Crippen molar-refractivity contribution >= 4 is 5.69 Å². The smallest absolute Gasteiger partial charge is 0.203 e. The maximum Gasteiger partial charge on any atom is 0.203 e. The highest BCUT2D eigenvalue weighted by atomic mass is 16.5. The number of methoxy groups -OCH3 is 4. The first-order valence-corrected chi connectivity index (χ1v) is 12.1. The lowest BCUT2D eigenvalue weighted by Crippen LogP contribution is -2.18. The Hall–Kier alpha value is -3.71. The largest absolute Gasteiger partial charge is 0.496 e. The standard InChI is InChI=1S/C29H34N2O5/c1-30-22-12-10-19-16-26(34-3)28(35-4)29(36-5)27(19)20-11-13-23(24(32)17-21(20)22)31-15-14-18-8-6-7-9-25(18)33-2/h6-9,11,13,16-17,22,30H,10,12,14-15H2,1-5H3,(H,31,32)/t22-/m0/s1. The van der Waals surface area contributed by atoms with E-state index < -0.39 is 0 Å². The van der Waals surface area contributed by atoms with Crippen LogP contribution in [-0.2, 0) is 12.8 Å². The van der Waals surface area contributed by atoms with Crippen molar-refractivity contribution in [1.82, 2.24) is 5.32 Å². The molecule has 3 aromatic carbocycles. The van der Waals surface area contributed by atoms with E-state index >= 15 is 0 Å². The van der Waals surface area contributed by atoms with Gasteiger partial charge in [0.15, 0.2) is 11.5 Å². The number of nitrogens with one attached hydrogen (secondary N) is 2. The predicted molar refractivity (Wildman–Crippen MR) is 143 cm³/mol. The second-order valence-corrected chi connectivity index (χ2v) is 8.67. The van der Waals surface area contributed by atoms with Gasteiger partial charge in [-0.25, -0.2) is 0 Å². The number of hydrogen-bond donors (Lipinski definition) is 2. The van der Waals surface area contributed by atoms with Crippen LogP contribution in [0.25, 0.3) is 11.1 Å². The number of benzene rings is 2. The maximum absolute atomic E-state index is 13.3. The molecule has 36 heavy (non-hydrogen) atoms. The van der Waals surface area contributed by atoms with E-state index in [2.05, 4.69) is 10.6 Å². The van der Waals surface area contributed by atoms with Gasteiger partial charge in [-0.15, -0.1) is 0 Å². The molecular weight excluding hydrogens is 456 g/mol. The van der Waals surface area contributed by atoms with Crippen LogP contribution in [0, 0.1) is 0 Å². The van der Waals surface area contributed by atoms with Crippen molar-refractivity contribution in [3.63, 3.8) is 0 Å². The maximum atomic E-state index is 13.3. The van der Waals surface area contributed by atoms with Crippen LogP contribution < -0.4 is 35.0 Å². The van der Waals surface area contributed by atoms with Crippen molar-refractivity contribution in [2.24, 2.45) is 0 Å². The minimum Gasteiger partial charge on any atom is -0.496 e.